The maximum Gasteiger partial charge on any atom is 0.339 e. The molecule has 20 heteroatoms. The summed E-state index contributed by atoms with van der Waals surface area (Å²) in [6, 6.07) is 21.8. The van der Waals surface area contributed by atoms with Gasteiger partial charge < -0.3 is 51.2 Å². The molecule has 0 unspecified atom stereocenters. The first-order chi connectivity index (χ1) is 30.0. The summed E-state index contributed by atoms with van der Waals surface area (Å²) in [5, 5.41) is 59.4. The number of anilines is 4. The van der Waals surface area contributed by atoms with Crippen LogP contribution in [0, 0.1) is 11.3 Å². The van der Waals surface area contributed by atoms with E-state index in [-0.39, 0.29) is 39.0 Å². The summed E-state index contributed by atoms with van der Waals surface area (Å²) >= 11 is 0. The molecule has 0 heterocycles. The van der Waals surface area contributed by atoms with Gasteiger partial charge in [0.05, 0.1) is 48.5 Å². The second-order valence-electron chi connectivity index (χ2n) is 13.3. The minimum absolute atomic E-state index is 0.0912. The van der Waals surface area contributed by atoms with Crippen molar-refractivity contribution >= 4 is 68.4 Å². The Labute approximate surface area is 359 Å². The van der Waals surface area contributed by atoms with Crippen molar-refractivity contribution in [1.82, 2.24) is 5.32 Å². The Kier molecular flexibility index (Phi) is 14.2. The molecule has 5 aromatic carbocycles. The van der Waals surface area contributed by atoms with Crippen LogP contribution in [-0.2, 0) is 19.6 Å². The molecule has 5 aromatic rings. The molecule has 9 N–H and O–H groups in total. The van der Waals surface area contributed by atoms with E-state index in [2.05, 4.69) is 26.0 Å². The van der Waals surface area contributed by atoms with Crippen molar-refractivity contribution in [3.63, 3.8) is 0 Å². The predicted molar refractivity (Wildman–Crippen MR) is 228 cm³/mol. The van der Waals surface area contributed by atoms with E-state index in [1.165, 1.54) is 48.5 Å². The Morgan fingerprint density at radius 3 is 1.87 bits per heavy atom. The number of nitrogens with zero attached hydrogens (tertiary/aromatic N) is 1. The van der Waals surface area contributed by atoms with E-state index in [4.69, 9.17) is 9.47 Å². The number of aromatic carboxylic acids is 1. The van der Waals surface area contributed by atoms with Crippen LogP contribution in [0.1, 0.15) is 50.0 Å². The minimum atomic E-state index is -4.39. The molecule has 0 aliphatic carbocycles. The van der Waals surface area contributed by atoms with Crippen molar-refractivity contribution in [3.05, 3.63) is 125 Å². The smallest absolute Gasteiger partial charge is 0.339 e. The summed E-state index contributed by atoms with van der Waals surface area (Å²) in [7, 11) is -2.15. The molecule has 0 aliphatic heterocycles. The molecule has 0 spiro atoms. The second kappa shape index (κ2) is 19.7. The zero-order chi connectivity index (χ0) is 46.0. The molecule has 63 heavy (non-hydrogen) atoms. The standard InChI is InChI=1S/C43H38N6O13S/c1-23(22-24-4-12-28(50)13-5-24)39(53)45-26-8-6-25(7-9-26)40(54)48-34(20-21-44)42(56)46-27-10-14-29(15-11-27)63(59,60)49-33-19-16-30(35(51)38(33)62-3)41(55)47-32-18-17-31(43(57)58)36(52)37(32)61-2/h4-19,22,34,49-52H,20H2,1-3H3,(H,45,53)(H,46,56)(H,47,55)(H,48,54)(H,57,58)/b23-22+/t34-/m0/s1. The number of phenolic OH excluding ortho intramolecular Hbond substituents is 2. The number of carbonyl (C=O) groups excluding carboxylic acids is 4. The number of methoxy groups -OCH3 is 2. The van der Waals surface area contributed by atoms with E-state index < -0.39 is 80.5 Å². The van der Waals surface area contributed by atoms with Crippen molar-refractivity contribution in [1.29, 1.82) is 5.26 Å². The third kappa shape index (κ3) is 11.0. The van der Waals surface area contributed by atoms with Crippen molar-refractivity contribution < 1.29 is 62.3 Å². The summed E-state index contributed by atoms with van der Waals surface area (Å²) in [5.74, 6) is -6.53. The average molecular weight is 879 g/mol. The van der Waals surface area contributed by atoms with Gasteiger partial charge in [-0.25, -0.2) is 13.2 Å². The zero-order valence-electron chi connectivity index (χ0n) is 33.4. The normalized spacial score (nSPS) is 11.6. The van der Waals surface area contributed by atoms with Crippen molar-refractivity contribution in [2.75, 3.05) is 34.9 Å². The van der Waals surface area contributed by atoms with Crippen LogP contribution in [0.25, 0.3) is 6.08 Å². The number of phenols is 3. The number of aromatic hydroxyl groups is 3. The van der Waals surface area contributed by atoms with Crippen LogP contribution in [0.5, 0.6) is 28.7 Å². The molecule has 5 rings (SSSR count). The Bertz CT molecular complexity index is 2770. The highest BCUT2D eigenvalue weighted by molar-refractivity contribution is 7.92. The average Bonchev–Trinajstić information content (AvgIpc) is 3.24. The van der Waals surface area contributed by atoms with Crippen LogP contribution in [0.15, 0.2) is 108 Å². The lowest BCUT2D eigenvalue weighted by Gasteiger charge is -2.17. The number of carboxylic acids is 1. The number of sulfonamides is 1. The third-order valence-corrected chi connectivity index (χ3v) is 10.4. The molecular weight excluding hydrogens is 841 g/mol. The Hall–Kier alpha value is -8.57. The van der Waals surface area contributed by atoms with Gasteiger partial charge in [0, 0.05) is 22.5 Å². The Morgan fingerprint density at radius 1 is 0.714 bits per heavy atom. The molecular formula is C43H38N6O13S. The maximum atomic E-state index is 13.4. The number of hydrogen-bond donors (Lipinski definition) is 9. The third-order valence-electron chi connectivity index (χ3n) is 9.03. The van der Waals surface area contributed by atoms with Crippen molar-refractivity contribution in [2.45, 2.75) is 24.3 Å². The highest BCUT2D eigenvalue weighted by Crippen LogP contribution is 2.41. The van der Waals surface area contributed by atoms with Gasteiger partial charge in [0.1, 0.15) is 17.4 Å². The first-order valence-electron chi connectivity index (χ1n) is 18.3. The largest absolute Gasteiger partial charge is 0.508 e. The van der Waals surface area contributed by atoms with Gasteiger partial charge >= 0.3 is 5.97 Å². The number of nitrogens with one attached hydrogen (secondary N) is 5. The van der Waals surface area contributed by atoms with Crippen LogP contribution >= 0.6 is 0 Å². The fourth-order valence-corrected chi connectivity index (χ4v) is 6.86. The molecule has 0 bridgehead atoms. The van der Waals surface area contributed by atoms with Crippen LogP contribution in [-0.4, -0.2) is 78.7 Å². The maximum absolute atomic E-state index is 13.4. The molecule has 4 amide bonds. The van der Waals surface area contributed by atoms with Crippen LogP contribution in [0.2, 0.25) is 0 Å². The van der Waals surface area contributed by atoms with Gasteiger partial charge in [-0.2, -0.15) is 5.26 Å². The fourth-order valence-electron chi connectivity index (χ4n) is 5.79. The van der Waals surface area contributed by atoms with E-state index in [1.807, 2.05) is 6.07 Å². The number of nitriles is 1. The summed E-state index contributed by atoms with van der Waals surface area (Å²) in [6.07, 6.45) is 1.22. The molecule has 0 aromatic heterocycles. The van der Waals surface area contributed by atoms with E-state index >= 15 is 0 Å². The van der Waals surface area contributed by atoms with E-state index in [0.717, 1.165) is 50.6 Å². The fraction of sp³-hybridized carbons (Fsp3) is 0.116. The number of ether oxygens (including phenoxy) is 2. The molecule has 0 aliphatic rings. The highest BCUT2D eigenvalue weighted by atomic mass is 32.2. The molecule has 0 fully saturated rings. The van der Waals surface area contributed by atoms with Crippen LogP contribution in [0.3, 0.4) is 0 Å². The van der Waals surface area contributed by atoms with Gasteiger partial charge in [-0.05, 0) is 103 Å². The van der Waals surface area contributed by atoms with Crippen LogP contribution < -0.4 is 35.5 Å². The molecule has 0 saturated carbocycles. The quantitative estimate of drug-likeness (QED) is 0.0571. The monoisotopic (exact) mass is 878 g/mol. The molecule has 1 atom stereocenters. The summed E-state index contributed by atoms with van der Waals surface area (Å²) < 4.78 is 39.3. The second-order valence-corrected chi connectivity index (χ2v) is 15.0. The van der Waals surface area contributed by atoms with Crippen molar-refractivity contribution in [2.24, 2.45) is 0 Å². The number of carbonyl (C=O) groups is 5. The lowest BCUT2D eigenvalue weighted by molar-refractivity contribution is -0.118. The number of carboxylic acid groups (broad SMARTS) is 1. The van der Waals surface area contributed by atoms with E-state index in [0.29, 0.717) is 16.8 Å². The number of amides is 4. The van der Waals surface area contributed by atoms with E-state index in [9.17, 15) is 58.1 Å². The van der Waals surface area contributed by atoms with Gasteiger partial charge in [-0.3, -0.25) is 23.9 Å². The lowest BCUT2D eigenvalue weighted by atomic mass is 10.1. The summed E-state index contributed by atoms with van der Waals surface area (Å²) in [5.41, 5.74) is 0.404. The van der Waals surface area contributed by atoms with Crippen molar-refractivity contribution in [3.8, 4) is 34.8 Å². The number of benzene rings is 5. The molecule has 324 valence electrons. The first kappa shape index (κ1) is 45.5. The van der Waals surface area contributed by atoms with Gasteiger partial charge in [-0.15, -0.1) is 0 Å². The molecule has 0 saturated heterocycles. The Morgan fingerprint density at radius 2 is 1.27 bits per heavy atom. The first-order valence-corrected chi connectivity index (χ1v) is 19.8. The van der Waals surface area contributed by atoms with Gasteiger partial charge in [0.25, 0.3) is 27.7 Å². The Balaban J connectivity index is 1.21. The number of rotatable bonds is 16. The van der Waals surface area contributed by atoms with E-state index in [1.54, 1.807) is 25.1 Å². The molecule has 19 nitrogen and oxygen atoms in total. The predicted octanol–water partition coefficient (Wildman–Crippen LogP) is 5.26. The number of hydrogen-bond acceptors (Lipinski definition) is 13. The zero-order valence-corrected chi connectivity index (χ0v) is 34.2. The summed E-state index contributed by atoms with van der Waals surface area (Å²) in [4.78, 5) is 63.1. The topological polar surface area (TPSA) is 303 Å². The molecule has 0 radical (unpaired) electrons. The van der Waals surface area contributed by atoms with Crippen LogP contribution in [0.4, 0.5) is 22.7 Å². The lowest BCUT2D eigenvalue weighted by Crippen LogP contribution is -2.43. The summed E-state index contributed by atoms with van der Waals surface area (Å²) in [6.45, 7) is 1.61. The minimum Gasteiger partial charge on any atom is -0.508 e. The SMILES string of the molecule is COc1c(NC(=O)c2ccc(NS(=O)(=O)c3ccc(NC(=O)[C@H](CC#N)NC(=O)c4ccc(NC(=O)/C(C)=C/c5ccc(O)cc5)cc4)cc3)c(OC)c2O)ccc(C(=O)O)c1O. The highest BCUT2D eigenvalue weighted by Gasteiger charge is 2.26. The van der Waals surface area contributed by atoms with Gasteiger partial charge in [0.2, 0.25) is 5.91 Å². The van der Waals surface area contributed by atoms with Gasteiger partial charge in [-0.1, -0.05) is 12.1 Å². The van der Waals surface area contributed by atoms with Gasteiger partial charge in [0.15, 0.2) is 23.0 Å².